The van der Waals surface area contributed by atoms with E-state index in [0.717, 1.165) is 49.5 Å². The first-order chi connectivity index (χ1) is 14.1. The molecular weight excluding hydrogens is 368 g/mol. The third-order valence-electron chi connectivity index (χ3n) is 7.52. The Balaban J connectivity index is 1.37. The number of likely N-dealkylation sites (tertiary alicyclic amines) is 1. The monoisotopic (exact) mass is 400 g/mol. The molecule has 1 saturated carbocycles. The van der Waals surface area contributed by atoms with Gasteiger partial charge in [-0.1, -0.05) is 0 Å². The summed E-state index contributed by atoms with van der Waals surface area (Å²) in [4.78, 5) is 11.3. The third kappa shape index (κ3) is 3.13. The van der Waals surface area contributed by atoms with Gasteiger partial charge in [-0.15, -0.1) is 0 Å². The van der Waals surface area contributed by atoms with E-state index in [9.17, 15) is 10.2 Å². The summed E-state index contributed by atoms with van der Waals surface area (Å²) in [6.07, 6.45) is 7.69. The lowest BCUT2D eigenvalue weighted by molar-refractivity contribution is -0.00809. The number of anilines is 1. The fourth-order valence-corrected chi connectivity index (χ4v) is 5.99. The maximum atomic E-state index is 10.9. The van der Waals surface area contributed by atoms with Gasteiger partial charge in [-0.05, 0) is 51.3 Å². The molecule has 0 bridgehead atoms. The summed E-state index contributed by atoms with van der Waals surface area (Å²) < 4.78 is 2.02. The summed E-state index contributed by atoms with van der Waals surface area (Å²) in [5.41, 5.74) is 1.05. The minimum Gasteiger partial charge on any atom is -0.390 e. The van der Waals surface area contributed by atoms with Crippen molar-refractivity contribution in [3.05, 3.63) is 18.6 Å². The fraction of sp³-hybridized carbons (Fsp3) is 0.714. The summed E-state index contributed by atoms with van der Waals surface area (Å²) in [5, 5.41) is 29.4. The number of rotatable bonds is 4. The van der Waals surface area contributed by atoms with Gasteiger partial charge in [0.15, 0.2) is 0 Å². The lowest BCUT2D eigenvalue weighted by atomic mass is 9.86. The van der Waals surface area contributed by atoms with E-state index in [4.69, 9.17) is 0 Å². The highest BCUT2D eigenvalue weighted by Crippen LogP contribution is 2.41. The topological polar surface area (TPSA) is 98.5 Å². The SMILES string of the molecule is CNc1ncnc2c1ccn2[C@@H]1C[C@H](CN2CCC[C@]23CCCNC3)[C@@H](O)[C@H]1O. The van der Waals surface area contributed by atoms with E-state index in [-0.39, 0.29) is 17.5 Å². The van der Waals surface area contributed by atoms with Crippen molar-refractivity contribution in [1.82, 2.24) is 24.8 Å². The van der Waals surface area contributed by atoms with Gasteiger partial charge in [0.05, 0.1) is 17.5 Å². The highest BCUT2D eigenvalue weighted by Gasteiger charge is 2.47. The Hall–Kier alpha value is -1.74. The van der Waals surface area contributed by atoms with E-state index in [1.54, 1.807) is 6.33 Å². The van der Waals surface area contributed by atoms with Crippen LogP contribution in [0.3, 0.4) is 0 Å². The minimum atomic E-state index is -0.786. The number of aliphatic hydroxyl groups is 2. The van der Waals surface area contributed by atoms with Crippen molar-refractivity contribution < 1.29 is 10.2 Å². The molecule has 4 N–H and O–H groups in total. The lowest BCUT2D eigenvalue weighted by Gasteiger charge is -2.43. The highest BCUT2D eigenvalue weighted by molar-refractivity contribution is 5.87. The average molecular weight is 401 g/mol. The molecule has 3 fully saturated rings. The van der Waals surface area contributed by atoms with E-state index in [1.807, 2.05) is 23.9 Å². The molecule has 0 amide bonds. The van der Waals surface area contributed by atoms with Crippen molar-refractivity contribution in [2.75, 3.05) is 38.5 Å². The predicted molar refractivity (Wildman–Crippen MR) is 112 cm³/mol. The van der Waals surface area contributed by atoms with Gasteiger partial charge in [0, 0.05) is 37.8 Å². The van der Waals surface area contributed by atoms with E-state index in [1.165, 1.54) is 25.7 Å². The van der Waals surface area contributed by atoms with Crippen LogP contribution in [0.2, 0.25) is 0 Å². The Morgan fingerprint density at radius 3 is 2.90 bits per heavy atom. The van der Waals surface area contributed by atoms with Crippen molar-refractivity contribution in [3.8, 4) is 0 Å². The Morgan fingerprint density at radius 1 is 1.24 bits per heavy atom. The van der Waals surface area contributed by atoms with Gasteiger partial charge in [0.2, 0.25) is 0 Å². The maximum absolute atomic E-state index is 10.9. The number of aromatic nitrogens is 3. The van der Waals surface area contributed by atoms with Gasteiger partial charge < -0.3 is 25.4 Å². The van der Waals surface area contributed by atoms with Crippen LogP contribution in [0, 0.1) is 5.92 Å². The van der Waals surface area contributed by atoms with Crippen LogP contribution in [0.1, 0.15) is 38.1 Å². The van der Waals surface area contributed by atoms with Crippen LogP contribution in [0.15, 0.2) is 18.6 Å². The molecule has 0 aromatic carbocycles. The number of piperidine rings is 1. The maximum Gasteiger partial charge on any atom is 0.145 e. The molecule has 2 aromatic rings. The van der Waals surface area contributed by atoms with Gasteiger partial charge in [-0.2, -0.15) is 0 Å². The van der Waals surface area contributed by atoms with Gasteiger partial charge in [-0.3, -0.25) is 4.90 Å². The average Bonchev–Trinajstić information content (AvgIpc) is 3.41. The summed E-state index contributed by atoms with van der Waals surface area (Å²) in [6, 6.07) is 1.81. The van der Waals surface area contributed by atoms with Gasteiger partial charge in [0.25, 0.3) is 0 Å². The zero-order valence-corrected chi connectivity index (χ0v) is 17.1. The van der Waals surface area contributed by atoms with Crippen LogP contribution in [0.25, 0.3) is 11.0 Å². The van der Waals surface area contributed by atoms with Crippen LogP contribution >= 0.6 is 0 Å². The van der Waals surface area contributed by atoms with Crippen molar-refractivity contribution in [2.24, 2.45) is 5.92 Å². The van der Waals surface area contributed by atoms with E-state index < -0.39 is 12.2 Å². The zero-order chi connectivity index (χ0) is 20.0. The molecule has 4 heterocycles. The van der Waals surface area contributed by atoms with E-state index in [2.05, 4.69) is 25.5 Å². The molecule has 5 atom stereocenters. The fourth-order valence-electron chi connectivity index (χ4n) is 5.99. The molecule has 2 aliphatic heterocycles. The lowest BCUT2D eigenvalue weighted by Crippen LogP contribution is -2.55. The second kappa shape index (κ2) is 7.50. The van der Waals surface area contributed by atoms with Crippen LogP contribution in [0.4, 0.5) is 5.82 Å². The number of fused-ring (bicyclic) bond motifs is 1. The van der Waals surface area contributed by atoms with Gasteiger partial charge in [-0.25, -0.2) is 9.97 Å². The molecule has 1 spiro atoms. The van der Waals surface area contributed by atoms with E-state index >= 15 is 0 Å². The molecule has 8 nitrogen and oxygen atoms in total. The Kier molecular flexibility index (Phi) is 4.98. The summed E-state index contributed by atoms with van der Waals surface area (Å²) in [6.45, 7) is 4.11. The van der Waals surface area contributed by atoms with Crippen LogP contribution in [0.5, 0.6) is 0 Å². The number of hydrogen-bond donors (Lipinski definition) is 4. The third-order valence-corrected chi connectivity index (χ3v) is 7.52. The molecule has 0 radical (unpaired) electrons. The molecular formula is C21H32N6O2. The summed E-state index contributed by atoms with van der Waals surface area (Å²) in [5.74, 6) is 0.845. The molecule has 3 aliphatic rings. The summed E-state index contributed by atoms with van der Waals surface area (Å²) in [7, 11) is 1.84. The number of nitrogens with zero attached hydrogens (tertiary/aromatic N) is 4. The molecule has 2 aromatic heterocycles. The largest absolute Gasteiger partial charge is 0.390 e. The number of hydrogen-bond acceptors (Lipinski definition) is 7. The molecule has 2 saturated heterocycles. The normalized spacial score (nSPS) is 35.7. The Labute approximate surface area is 171 Å². The molecule has 5 rings (SSSR count). The second-order valence-electron chi connectivity index (χ2n) is 9.03. The van der Waals surface area contributed by atoms with Gasteiger partial charge in [0.1, 0.15) is 23.9 Å². The molecule has 29 heavy (non-hydrogen) atoms. The minimum absolute atomic E-state index is 0.0648. The van der Waals surface area contributed by atoms with Crippen molar-refractivity contribution >= 4 is 16.9 Å². The first-order valence-corrected chi connectivity index (χ1v) is 10.9. The van der Waals surface area contributed by atoms with Gasteiger partial charge >= 0.3 is 0 Å². The van der Waals surface area contributed by atoms with Crippen LogP contribution in [-0.2, 0) is 0 Å². The first kappa shape index (κ1) is 19.2. The quantitative estimate of drug-likeness (QED) is 0.607. The standard InChI is InChI=1S/C21H32N6O2/c1-22-19-15-4-9-27(20(15)25-13-24-19)16-10-14(17(28)18(16)29)11-26-8-3-6-21(26)5-2-7-23-12-21/h4,9,13-14,16-18,23,28-29H,2-3,5-8,10-12H2,1H3,(H,22,24,25)/t14-,16-,17-,18+,21+/m1/s1. The molecule has 0 unspecified atom stereocenters. The predicted octanol–water partition coefficient (Wildman–Crippen LogP) is 0.974. The Morgan fingerprint density at radius 2 is 2.10 bits per heavy atom. The van der Waals surface area contributed by atoms with Crippen LogP contribution < -0.4 is 10.6 Å². The second-order valence-corrected chi connectivity index (χ2v) is 9.03. The van der Waals surface area contributed by atoms with Crippen molar-refractivity contribution in [1.29, 1.82) is 0 Å². The number of nitrogens with one attached hydrogen (secondary N) is 2. The highest BCUT2D eigenvalue weighted by atomic mass is 16.3. The Bertz CT molecular complexity index is 864. The zero-order valence-electron chi connectivity index (χ0n) is 17.1. The van der Waals surface area contributed by atoms with Crippen LogP contribution in [-0.4, -0.2) is 80.6 Å². The van der Waals surface area contributed by atoms with E-state index in [0.29, 0.717) is 0 Å². The van der Waals surface area contributed by atoms with Crippen molar-refractivity contribution in [2.45, 2.75) is 55.9 Å². The number of aliphatic hydroxyl groups excluding tert-OH is 2. The summed E-state index contributed by atoms with van der Waals surface area (Å²) >= 11 is 0. The smallest absolute Gasteiger partial charge is 0.145 e. The molecule has 1 aliphatic carbocycles. The molecule has 8 heteroatoms. The first-order valence-electron chi connectivity index (χ1n) is 10.9. The van der Waals surface area contributed by atoms with Crippen molar-refractivity contribution in [3.63, 3.8) is 0 Å². The molecule has 158 valence electrons.